The highest BCUT2D eigenvalue weighted by molar-refractivity contribution is 7.89. The summed E-state index contributed by atoms with van der Waals surface area (Å²) < 4.78 is 27.4. The van der Waals surface area contributed by atoms with E-state index in [0.717, 1.165) is 43.0 Å². The quantitative estimate of drug-likeness (QED) is 0.784. The lowest BCUT2D eigenvalue weighted by atomic mass is 9.99. The fraction of sp³-hybridized carbons (Fsp3) is 0.650. The Bertz CT molecular complexity index is 778. The average molecular weight is 394 g/mol. The second-order valence-electron chi connectivity index (χ2n) is 8.01. The van der Waals surface area contributed by atoms with Gasteiger partial charge in [-0.25, -0.2) is 8.42 Å². The van der Waals surface area contributed by atoms with Crippen LogP contribution in [-0.4, -0.2) is 74.2 Å². The molecule has 0 saturated carbocycles. The van der Waals surface area contributed by atoms with E-state index in [-0.39, 0.29) is 5.91 Å². The van der Waals surface area contributed by atoms with Gasteiger partial charge in [-0.05, 0) is 57.3 Å². The number of hydrogen-bond acceptors (Lipinski definition) is 4. The van der Waals surface area contributed by atoms with E-state index in [0.29, 0.717) is 37.6 Å². The van der Waals surface area contributed by atoms with Crippen LogP contribution in [0.15, 0.2) is 23.1 Å². The summed E-state index contributed by atoms with van der Waals surface area (Å²) in [6.07, 6.45) is 2.30. The van der Waals surface area contributed by atoms with Crippen molar-refractivity contribution in [1.29, 1.82) is 0 Å². The van der Waals surface area contributed by atoms with Gasteiger partial charge in [-0.1, -0.05) is 24.6 Å². The molecule has 2 heterocycles. The highest BCUT2D eigenvalue weighted by atomic mass is 32.2. The zero-order valence-corrected chi connectivity index (χ0v) is 17.5. The fourth-order valence-corrected chi connectivity index (χ4v) is 5.55. The molecule has 0 atom stereocenters. The Kier molecular flexibility index (Phi) is 6.23. The lowest BCUT2D eigenvalue weighted by Gasteiger charge is -2.36. The van der Waals surface area contributed by atoms with E-state index >= 15 is 0 Å². The number of carbonyl (C=O) groups is 1. The zero-order chi connectivity index (χ0) is 19.6. The van der Waals surface area contributed by atoms with E-state index in [1.165, 1.54) is 4.31 Å². The third-order valence-corrected chi connectivity index (χ3v) is 7.83. The van der Waals surface area contributed by atoms with Gasteiger partial charge in [-0.15, -0.1) is 0 Å². The van der Waals surface area contributed by atoms with Crippen molar-refractivity contribution in [3.8, 4) is 0 Å². The van der Waals surface area contributed by atoms with Crippen LogP contribution in [-0.2, 0) is 14.8 Å². The van der Waals surface area contributed by atoms with Crippen molar-refractivity contribution in [2.45, 2.75) is 38.5 Å². The van der Waals surface area contributed by atoms with Crippen LogP contribution in [0.3, 0.4) is 0 Å². The minimum Gasteiger partial charge on any atom is -0.339 e. The molecule has 0 aromatic heterocycles. The van der Waals surface area contributed by atoms with Gasteiger partial charge in [0.25, 0.3) is 0 Å². The largest absolute Gasteiger partial charge is 0.339 e. The molecule has 1 aromatic rings. The summed E-state index contributed by atoms with van der Waals surface area (Å²) in [5.41, 5.74) is 1.82. The molecule has 2 aliphatic heterocycles. The van der Waals surface area contributed by atoms with Crippen molar-refractivity contribution in [2.24, 2.45) is 5.92 Å². The Balaban J connectivity index is 1.57. The summed E-state index contributed by atoms with van der Waals surface area (Å²) >= 11 is 0. The first-order valence-corrected chi connectivity index (χ1v) is 11.3. The molecule has 2 saturated heterocycles. The Morgan fingerprint density at radius 1 is 1.04 bits per heavy atom. The van der Waals surface area contributed by atoms with E-state index in [4.69, 9.17) is 0 Å². The molecule has 6 nitrogen and oxygen atoms in total. The Hall–Kier alpha value is -1.44. The summed E-state index contributed by atoms with van der Waals surface area (Å²) in [6, 6.07) is 5.42. The Morgan fingerprint density at radius 2 is 1.67 bits per heavy atom. The van der Waals surface area contributed by atoms with E-state index in [1.807, 2.05) is 30.9 Å². The molecule has 7 heteroatoms. The molecule has 0 bridgehead atoms. The molecule has 2 aliphatic rings. The maximum atomic E-state index is 13.0. The van der Waals surface area contributed by atoms with Gasteiger partial charge in [-0.3, -0.25) is 9.69 Å². The van der Waals surface area contributed by atoms with Crippen LogP contribution in [0.25, 0.3) is 0 Å². The summed E-state index contributed by atoms with van der Waals surface area (Å²) in [5, 5.41) is 0. The van der Waals surface area contributed by atoms with Crippen LogP contribution in [0.2, 0.25) is 0 Å². The predicted octanol–water partition coefficient (Wildman–Crippen LogP) is 1.87. The number of carbonyl (C=O) groups excluding carboxylic acids is 1. The molecule has 1 aromatic carbocycles. The van der Waals surface area contributed by atoms with Crippen LogP contribution in [0.1, 0.15) is 30.9 Å². The molecule has 150 valence electrons. The number of sulfonamides is 1. The van der Waals surface area contributed by atoms with Crippen molar-refractivity contribution in [3.05, 3.63) is 29.3 Å². The molecule has 27 heavy (non-hydrogen) atoms. The van der Waals surface area contributed by atoms with Crippen LogP contribution in [0, 0.1) is 19.8 Å². The second kappa shape index (κ2) is 8.29. The lowest BCUT2D eigenvalue weighted by Crippen LogP contribution is -2.53. The van der Waals surface area contributed by atoms with E-state index in [1.54, 1.807) is 6.07 Å². The van der Waals surface area contributed by atoms with Crippen LogP contribution in [0.4, 0.5) is 0 Å². The first kappa shape index (κ1) is 20.3. The van der Waals surface area contributed by atoms with Gasteiger partial charge in [0.2, 0.25) is 15.9 Å². The second-order valence-corrected chi connectivity index (χ2v) is 9.92. The van der Waals surface area contributed by atoms with Crippen LogP contribution in [0.5, 0.6) is 0 Å². The first-order valence-electron chi connectivity index (χ1n) is 9.85. The normalized spacial score (nSPS) is 20.8. The number of aryl methyl sites for hydroxylation is 2. The van der Waals surface area contributed by atoms with Gasteiger partial charge >= 0.3 is 0 Å². The van der Waals surface area contributed by atoms with Gasteiger partial charge in [0, 0.05) is 26.2 Å². The van der Waals surface area contributed by atoms with Gasteiger partial charge in [-0.2, -0.15) is 4.31 Å². The average Bonchev–Trinajstić information content (AvgIpc) is 2.63. The SMILES string of the molecule is Cc1ccc(S(=O)(=O)N2CCN(C(=O)CN3CCC(C)CC3)CC2)c(C)c1. The summed E-state index contributed by atoms with van der Waals surface area (Å²) in [5.74, 6) is 0.864. The first-order chi connectivity index (χ1) is 12.8. The van der Waals surface area contributed by atoms with Crippen LogP contribution < -0.4 is 0 Å². The molecule has 0 spiro atoms. The van der Waals surface area contributed by atoms with Crippen LogP contribution >= 0.6 is 0 Å². The molecule has 0 unspecified atom stereocenters. The predicted molar refractivity (Wildman–Crippen MR) is 106 cm³/mol. The summed E-state index contributed by atoms with van der Waals surface area (Å²) in [4.78, 5) is 17.0. The number of nitrogens with zero attached hydrogens (tertiary/aromatic N) is 3. The maximum Gasteiger partial charge on any atom is 0.243 e. The minimum absolute atomic E-state index is 0.119. The molecular formula is C20H31N3O3S. The monoisotopic (exact) mass is 393 g/mol. The number of amides is 1. The number of likely N-dealkylation sites (tertiary alicyclic amines) is 1. The van der Waals surface area contributed by atoms with Crippen molar-refractivity contribution < 1.29 is 13.2 Å². The molecule has 2 fully saturated rings. The molecule has 3 rings (SSSR count). The number of piperidine rings is 1. The molecule has 1 amide bonds. The highest BCUT2D eigenvalue weighted by Gasteiger charge is 2.31. The summed E-state index contributed by atoms with van der Waals surface area (Å²) in [6.45, 7) is 10.1. The topological polar surface area (TPSA) is 60.9 Å². The van der Waals surface area contributed by atoms with Gasteiger partial charge in [0.15, 0.2) is 0 Å². The van der Waals surface area contributed by atoms with Gasteiger partial charge in [0.05, 0.1) is 11.4 Å². The van der Waals surface area contributed by atoms with Crippen molar-refractivity contribution in [1.82, 2.24) is 14.1 Å². The maximum absolute atomic E-state index is 13.0. The van der Waals surface area contributed by atoms with Crippen molar-refractivity contribution in [2.75, 3.05) is 45.8 Å². The molecule has 0 aliphatic carbocycles. The third-order valence-electron chi connectivity index (χ3n) is 5.77. The smallest absolute Gasteiger partial charge is 0.243 e. The van der Waals surface area contributed by atoms with Gasteiger partial charge < -0.3 is 4.90 Å². The van der Waals surface area contributed by atoms with Crippen molar-refractivity contribution >= 4 is 15.9 Å². The van der Waals surface area contributed by atoms with Crippen molar-refractivity contribution in [3.63, 3.8) is 0 Å². The number of benzene rings is 1. The molecular weight excluding hydrogens is 362 g/mol. The van der Waals surface area contributed by atoms with E-state index in [2.05, 4.69) is 11.8 Å². The standard InChI is InChI=1S/C20H31N3O3S/c1-16-6-8-21(9-7-16)15-20(24)22-10-12-23(13-11-22)27(25,26)19-5-4-17(2)14-18(19)3/h4-5,14,16H,6-13,15H2,1-3H3. The fourth-order valence-electron chi connectivity index (χ4n) is 3.92. The lowest BCUT2D eigenvalue weighted by molar-refractivity contribution is -0.133. The van der Waals surface area contributed by atoms with Gasteiger partial charge in [0.1, 0.15) is 0 Å². The third kappa shape index (κ3) is 4.70. The number of hydrogen-bond donors (Lipinski definition) is 0. The molecule has 0 N–H and O–H groups in total. The minimum atomic E-state index is -3.51. The zero-order valence-electron chi connectivity index (χ0n) is 16.6. The van der Waals surface area contributed by atoms with E-state index in [9.17, 15) is 13.2 Å². The summed E-state index contributed by atoms with van der Waals surface area (Å²) in [7, 11) is -3.51. The molecule has 0 radical (unpaired) electrons. The number of piperazine rings is 1. The Morgan fingerprint density at radius 3 is 2.26 bits per heavy atom. The van der Waals surface area contributed by atoms with E-state index < -0.39 is 10.0 Å². The highest BCUT2D eigenvalue weighted by Crippen LogP contribution is 2.22. The Labute approximate surface area is 163 Å². The number of rotatable bonds is 4.